The summed E-state index contributed by atoms with van der Waals surface area (Å²) < 4.78 is 5.79. The lowest BCUT2D eigenvalue weighted by Gasteiger charge is -2.24. The summed E-state index contributed by atoms with van der Waals surface area (Å²) in [6, 6.07) is 7.36. The van der Waals surface area contributed by atoms with Crippen LogP contribution in [-0.2, 0) is 11.2 Å². The summed E-state index contributed by atoms with van der Waals surface area (Å²) in [5, 5.41) is 22.4. The standard InChI is InChI=1S/C17H18O3/c1-2-10-20-14-9-5-8-13-15(14)17(19)12-7-4-3-6-11(12)16(13)18/h3-7,9,14,18-19H,2,8,10H2,1H3. The Bertz CT molecular complexity index is 673. The van der Waals surface area contributed by atoms with Gasteiger partial charge in [0.15, 0.2) is 0 Å². The van der Waals surface area contributed by atoms with Crippen molar-refractivity contribution in [3.8, 4) is 11.5 Å². The first-order chi connectivity index (χ1) is 9.74. The molecule has 104 valence electrons. The molecule has 0 fully saturated rings. The van der Waals surface area contributed by atoms with Gasteiger partial charge in [-0.2, -0.15) is 0 Å². The molecule has 3 rings (SSSR count). The molecule has 1 atom stereocenters. The Morgan fingerprint density at radius 3 is 2.55 bits per heavy atom. The minimum atomic E-state index is -0.283. The summed E-state index contributed by atoms with van der Waals surface area (Å²) in [4.78, 5) is 0. The van der Waals surface area contributed by atoms with Crippen LogP contribution in [0.5, 0.6) is 11.5 Å². The molecule has 1 aliphatic rings. The Kier molecular flexibility index (Phi) is 3.36. The molecule has 0 aromatic heterocycles. The number of rotatable bonds is 3. The Balaban J connectivity index is 2.22. The number of aromatic hydroxyl groups is 2. The SMILES string of the molecule is CCCOC1C=CCc2c1c(O)c1ccccc1c2O. The topological polar surface area (TPSA) is 49.7 Å². The van der Waals surface area contributed by atoms with Gasteiger partial charge in [-0.25, -0.2) is 0 Å². The van der Waals surface area contributed by atoms with Crippen LogP contribution in [0.25, 0.3) is 10.8 Å². The van der Waals surface area contributed by atoms with Crippen molar-refractivity contribution >= 4 is 10.8 Å². The van der Waals surface area contributed by atoms with E-state index < -0.39 is 0 Å². The maximum Gasteiger partial charge on any atom is 0.130 e. The van der Waals surface area contributed by atoms with E-state index in [0.717, 1.165) is 12.0 Å². The lowest BCUT2D eigenvalue weighted by molar-refractivity contribution is 0.0823. The van der Waals surface area contributed by atoms with Crippen molar-refractivity contribution in [2.75, 3.05) is 6.61 Å². The van der Waals surface area contributed by atoms with Crippen molar-refractivity contribution < 1.29 is 14.9 Å². The number of benzene rings is 2. The first kappa shape index (κ1) is 13.0. The van der Waals surface area contributed by atoms with Crippen molar-refractivity contribution in [2.24, 2.45) is 0 Å². The third-order valence-electron chi connectivity index (χ3n) is 3.72. The second kappa shape index (κ2) is 5.17. The average Bonchev–Trinajstić information content (AvgIpc) is 2.50. The van der Waals surface area contributed by atoms with Crippen molar-refractivity contribution in [2.45, 2.75) is 25.9 Å². The first-order valence-corrected chi connectivity index (χ1v) is 6.97. The minimum absolute atomic E-state index is 0.221. The second-order valence-electron chi connectivity index (χ2n) is 5.06. The van der Waals surface area contributed by atoms with E-state index in [1.807, 2.05) is 43.3 Å². The lowest BCUT2D eigenvalue weighted by Crippen LogP contribution is -2.10. The molecule has 0 amide bonds. The summed E-state index contributed by atoms with van der Waals surface area (Å²) in [5.74, 6) is 0.474. The zero-order valence-corrected chi connectivity index (χ0v) is 11.5. The molecule has 0 spiro atoms. The zero-order valence-electron chi connectivity index (χ0n) is 11.5. The molecule has 2 aromatic carbocycles. The summed E-state index contributed by atoms with van der Waals surface area (Å²) in [6.07, 6.45) is 5.18. The lowest BCUT2D eigenvalue weighted by atomic mass is 9.89. The fourth-order valence-electron chi connectivity index (χ4n) is 2.78. The summed E-state index contributed by atoms with van der Waals surface area (Å²) in [5.41, 5.74) is 1.47. The van der Waals surface area contributed by atoms with Crippen LogP contribution in [0.2, 0.25) is 0 Å². The van der Waals surface area contributed by atoms with Crippen molar-refractivity contribution in [1.29, 1.82) is 0 Å². The molecule has 0 radical (unpaired) electrons. The smallest absolute Gasteiger partial charge is 0.130 e. The zero-order chi connectivity index (χ0) is 14.1. The maximum absolute atomic E-state index is 10.6. The molecular weight excluding hydrogens is 252 g/mol. The second-order valence-corrected chi connectivity index (χ2v) is 5.06. The molecular formula is C17H18O3. The predicted molar refractivity (Wildman–Crippen MR) is 79.1 cm³/mol. The van der Waals surface area contributed by atoms with E-state index in [-0.39, 0.29) is 17.6 Å². The Hall–Kier alpha value is -2.00. The highest BCUT2D eigenvalue weighted by atomic mass is 16.5. The van der Waals surface area contributed by atoms with Gasteiger partial charge in [0.05, 0.1) is 0 Å². The van der Waals surface area contributed by atoms with Crippen LogP contribution in [0.15, 0.2) is 36.4 Å². The highest BCUT2D eigenvalue weighted by molar-refractivity contribution is 5.96. The molecule has 0 aliphatic heterocycles. The van der Waals surface area contributed by atoms with Gasteiger partial charge in [-0.1, -0.05) is 43.3 Å². The van der Waals surface area contributed by atoms with Gasteiger partial charge in [0.2, 0.25) is 0 Å². The van der Waals surface area contributed by atoms with Gasteiger partial charge in [0, 0.05) is 28.5 Å². The molecule has 0 bridgehead atoms. The Morgan fingerprint density at radius 2 is 1.85 bits per heavy atom. The third kappa shape index (κ3) is 1.95. The van der Waals surface area contributed by atoms with Gasteiger partial charge >= 0.3 is 0 Å². The van der Waals surface area contributed by atoms with Gasteiger partial charge in [0.25, 0.3) is 0 Å². The van der Waals surface area contributed by atoms with Gasteiger partial charge in [-0.15, -0.1) is 0 Å². The van der Waals surface area contributed by atoms with Gasteiger partial charge < -0.3 is 14.9 Å². The number of phenolic OH excluding ortho intramolecular Hbond substituents is 2. The quantitative estimate of drug-likeness (QED) is 0.658. The van der Waals surface area contributed by atoms with E-state index in [2.05, 4.69) is 0 Å². The number of ether oxygens (including phenoxy) is 1. The molecule has 0 saturated heterocycles. The molecule has 0 saturated carbocycles. The van der Waals surface area contributed by atoms with E-state index in [1.165, 1.54) is 0 Å². The summed E-state index contributed by atoms with van der Waals surface area (Å²) >= 11 is 0. The van der Waals surface area contributed by atoms with E-state index in [1.54, 1.807) is 0 Å². The fourth-order valence-corrected chi connectivity index (χ4v) is 2.78. The Morgan fingerprint density at radius 1 is 1.15 bits per heavy atom. The summed E-state index contributed by atoms with van der Waals surface area (Å²) in [7, 11) is 0. The van der Waals surface area contributed by atoms with Crippen molar-refractivity contribution in [1.82, 2.24) is 0 Å². The first-order valence-electron chi connectivity index (χ1n) is 6.97. The minimum Gasteiger partial charge on any atom is -0.507 e. The van der Waals surface area contributed by atoms with Gasteiger partial charge in [0.1, 0.15) is 17.6 Å². The molecule has 2 N–H and O–H groups in total. The Labute approximate surface area is 118 Å². The fraction of sp³-hybridized carbons (Fsp3) is 0.294. The van der Waals surface area contributed by atoms with Crippen LogP contribution in [0.3, 0.4) is 0 Å². The normalized spacial score (nSPS) is 17.4. The average molecular weight is 270 g/mol. The molecule has 20 heavy (non-hydrogen) atoms. The van der Waals surface area contributed by atoms with Crippen LogP contribution in [0, 0.1) is 0 Å². The monoisotopic (exact) mass is 270 g/mol. The van der Waals surface area contributed by atoms with Gasteiger partial charge in [-0.3, -0.25) is 0 Å². The van der Waals surface area contributed by atoms with Crippen LogP contribution in [0.4, 0.5) is 0 Å². The van der Waals surface area contributed by atoms with E-state index in [0.29, 0.717) is 29.4 Å². The number of hydrogen-bond acceptors (Lipinski definition) is 3. The predicted octanol–water partition coefficient (Wildman–Crippen LogP) is 3.83. The molecule has 3 nitrogen and oxygen atoms in total. The summed E-state index contributed by atoms with van der Waals surface area (Å²) in [6.45, 7) is 2.67. The highest BCUT2D eigenvalue weighted by Gasteiger charge is 2.25. The van der Waals surface area contributed by atoms with Crippen molar-refractivity contribution in [3.63, 3.8) is 0 Å². The maximum atomic E-state index is 10.6. The molecule has 3 heteroatoms. The highest BCUT2D eigenvalue weighted by Crippen LogP contribution is 2.45. The van der Waals surface area contributed by atoms with Crippen LogP contribution < -0.4 is 0 Å². The number of allylic oxidation sites excluding steroid dienone is 1. The molecule has 1 unspecified atom stereocenters. The van der Waals surface area contributed by atoms with E-state index in [4.69, 9.17) is 4.74 Å². The van der Waals surface area contributed by atoms with Crippen LogP contribution >= 0.6 is 0 Å². The molecule has 2 aromatic rings. The van der Waals surface area contributed by atoms with Gasteiger partial charge in [-0.05, 0) is 12.8 Å². The van der Waals surface area contributed by atoms with E-state index in [9.17, 15) is 10.2 Å². The van der Waals surface area contributed by atoms with E-state index >= 15 is 0 Å². The number of hydrogen-bond donors (Lipinski definition) is 2. The number of phenols is 2. The third-order valence-corrected chi connectivity index (χ3v) is 3.72. The molecule has 1 aliphatic carbocycles. The largest absolute Gasteiger partial charge is 0.507 e. The van der Waals surface area contributed by atoms with Crippen LogP contribution in [-0.4, -0.2) is 16.8 Å². The van der Waals surface area contributed by atoms with Crippen molar-refractivity contribution in [3.05, 3.63) is 47.5 Å². The molecule has 0 heterocycles. The number of fused-ring (bicyclic) bond motifs is 2. The van der Waals surface area contributed by atoms with Crippen LogP contribution in [0.1, 0.15) is 30.6 Å².